The summed E-state index contributed by atoms with van der Waals surface area (Å²) in [4.78, 5) is 13.3. The molecule has 0 spiro atoms. The van der Waals surface area contributed by atoms with Gasteiger partial charge in [0, 0.05) is 18.3 Å². The van der Waals surface area contributed by atoms with Crippen LogP contribution in [0.3, 0.4) is 0 Å². The topological polar surface area (TPSA) is 93.1 Å². The average molecular weight is 461 g/mol. The number of benzene rings is 3. The quantitative estimate of drug-likeness (QED) is 0.433. The molecule has 0 aliphatic rings. The van der Waals surface area contributed by atoms with Crippen LogP contribution in [0, 0.1) is 6.92 Å². The van der Waals surface area contributed by atoms with Gasteiger partial charge < -0.3 is 5.32 Å². The number of rotatable bonds is 7. The van der Waals surface area contributed by atoms with E-state index in [1.807, 2.05) is 61.5 Å². The van der Waals surface area contributed by atoms with Gasteiger partial charge in [0.05, 0.1) is 23.2 Å². The summed E-state index contributed by atoms with van der Waals surface area (Å²) in [6.45, 7) is 2.13. The third-order valence-electron chi connectivity index (χ3n) is 5.13. The Morgan fingerprint density at radius 2 is 1.61 bits per heavy atom. The van der Waals surface area contributed by atoms with Gasteiger partial charge in [0.2, 0.25) is 10.0 Å². The highest BCUT2D eigenvalue weighted by Crippen LogP contribution is 2.27. The van der Waals surface area contributed by atoms with Crippen molar-refractivity contribution in [3.8, 4) is 16.9 Å². The summed E-state index contributed by atoms with van der Waals surface area (Å²) in [5.74, 6) is -0.301. The molecule has 0 radical (unpaired) electrons. The van der Waals surface area contributed by atoms with E-state index in [1.54, 1.807) is 35.1 Å². The number of para-hydroxylation sites is 2. The zero-order valence-electron chi connectivity index (χ0n) is 18.3. The van der Waals surface area contributed by atoms with Crippen LogP contribution in [0.25, 0.3) is 16.9 Å². The summed E-state index contributed by atoms with van der Waals surface area (Å²) < 4.78 is 27.5. The molecule has 1 heterocycles. The summed E-state index contributed by atoms with van der Waals surface area (Å²) in [7, 11) is -3.44. The molecule has 168 valence electrons. The van der Waals surface area contributed by atoms with Gasteiger partial charge in [-0.05, 0) is 36.2 Å². The molecular weight excluding hydrogens is 436 g/mol. The Bertz CT molecular complexity index is 1400. The number of sulfonamides is 1. The first-order valence-electron chi connectivity index (χ1n) is 10.4. The van der Waals surface area contributed by atoms with E-state index in [9.17, 15) is 13.2 Å². The van der Waals surface area contributed by atoms with Crippen LogP contribution in [0.5, 0.6) is 0 Å². The van der Waals surface area contributed by atoms with E-state index in [0.717, 1.165) is 23.1 Å². The van der Waals surface area contributed by atoms with E-state index in [2.05, 4.69) is 10.0 Å². The smallest absolute Gasteiger partial charge is 0.255 e. The van der Waals surface area contributed by atoms with Gasteiger partial charge in [0.1, 0.15) is 5.69 Å². The lowest BCUT2D eigenvalue weighted by Gasteiger charge is -2.12. The van der Waals surface area contributed by atoms with Crippen LogP contribution in [0.2, 0.25) is 0 Å². The monoisotopic (exact) mass is 460 g/mol. The molecule has 0 unspecified atom stereocenters. The van der Waals surface area contributed by atoms with Gasteiger partial charge in [0.15, 0.2) is 0 Å². The standard InChI is InChI=1S/C25H24N4O3S/c1-18-10-6-8-14-21(18)24-22(17-29(27-24)20-12-4-3-5-13-20)25(30)26-16-19-11-7-9-15-23(19)28-33(2,31)32/h3-15,17,28H,16H2,1-2H3,(H,26,30). The molecule has 0 saturated heterocycles. The number of carbonyl (C=O) groups is 1. The van der Waals surface area contributed by atoms with Gasteiger partial charge in [-0.1, -0.05) is 60.7 Å². The summed E-state index contributed by atoms with van der Waals surface area (Å²) in [6.07, 6.45) is 2.81. The minimum atomic E-state index is -3.44. The maximum Gasteiger partial charge on any atom is 0.255 e. The van der Waals surface area contributed by atoms with Crippen LogP contribution < -0.4 is 10.0 Å². The van der Waals surface area contributed by atoms with Gasteiger partial charge in [-0.25, -0.2) is 13.1 Å². The Morgan fingerprint density at radius 1 is 0.939 bits per heavy atom. The van der Waals surface area contributed by atoms with E-state index in [-0.39, 0.29) is 12.5 Å². The second-order valence-electron chi connectivity index (χ2n) is 7.70. The first-order chi connectivity index (χ1) is 15.8. The van der Waals surface area contributed by atoms with E-state index >= 15 is 0 Å². The van der Waals surface area contributed by atoms with Crippen LogP contribution in [-0.4, -0.2) is 30.4 Å². The van der Waals surface area contributed by atoms with E-state index < -0.39 is 10.0 Å². The van der Waals surface area contributed by atoms with Gasteiger partial charge in [-0.2, -0.15) is 5.10 Å². The Kier molecular flexibility index (Phi) is 6.28. The van der Waals surface area contributed by atoms with Crippen molar-refractivity contribution < 1.29 is 13.2 Å². The van der Waals surface area contributed by atoms with Gasteiger partial charge in [-0.3, -0.25) is 9.52 Å². The van der Waals surface area contributed by atoms with Crippen molar-refractivity contribution in [3.63, 3.8) is 0 Å². The maximum atomic E-state index is 13.3. The Balaban J connectivity index is 1.67. The van der Waals surface area contributed by atoms with Crippen LogP contribution in [0.4, 0.5) is 5.69 Å². The molecule has 3 aromatic carbocycles. The number of hydrogen-bond acceptors (Lipinski definition) is 4. The molecule has 4 rings (SSSR count). The lowest BCUT2D eigenvalue weighted by atomic mass is 10.0. The fourth-order valence-corrected chi connectivity index (χ4v) is 4.13. The molecule has 33 heavy (non-hydrogen) atoms. The lowest BCUT2D eigenvalue weighted by Crippen LogP contribution is -2.24. The van der Waals surface area contributed by atoms with E-state index in [4.69, 9.17) is 5.10 Å². The van der Waals surface area contributed by atoms with Crippen LogP contribution in [0.1, 0.15) is 21.5 Å². The number of amides is 1. The highest BCUT2D eigenvalue weighted by atomic mass is 32.2. The SMILES string of the molecule is Cc1ccccc1-c1nn(-c2ccccc2)cc1C(=O)NCc1ccccc1NS(C)(=O)=O. The molecule has 2 N–H and O–H groups in total. The molecule has 0 aliphatic carbocycles. The molecule has 8 heteroatoms. The molecule has 0 fully saturated rings. The Morgan fingerprint density at radius 3 is 2.33 bits per heavy atom. The molecule has 0 saturated carbocycles. The van der Waals surface area contributed by atoms with Gasteiger partial charge in [-0.15, -0.1) is 0 Å². The third kappa shape index (κ3) is 5.30. The predicted octanol–water partition coefficient (Wildman–Crippen LogP) is 4.15. The highest BCUT2D eigenvalue weighted by Gasteiger charge is 2.20. The fraction of sp³-hybridized carbons (Fsp3) is 0.120. The molecule has 0 aliphatic heterocycles. The first kappa shape index (κ1) is 22.3. The predicted molar refractivity (Wildman–Crippen MR) is 130 cm³/mol. The summed E-state index contributed by atoms with van der Waals surface area (Å²) in [5.41, 5.74) is 4.82. The Hall–Kier alpha value is -3.91. The molecule has 7 nitrogen and oxygen atoms in total. The second-order valence-corrected chi connectivity index (χ2v) is 9.45. The van der Waals surface area contributed by atoms with E-state index in [1.165, 1.54) is 0 Å². The van der Waals surface area contributed by atoms with Crippen LogP contribution >= 0.6 is 0 Å². The molecule has 4 aromatic rings. The largest absolute Gasteiger partial charge is 0.348 e. The van der Waals surface area contributed by atoms with E-state index in [0.29, 0.717) is 22.5 Å². The molecule has 0 atom stereocenters. The molecular formula is C25H24N4O3S. The average Bonchev–Trinajstić information content (AvgIpc) is 3.23. The molecule has 1 amide bonds. The number of carbonyl (C=O) groups excluding carboxylic acids is 1. The first-order valence-corrected chi connectivity index (χ1v) is 12.3. The van der Waals surface area contributed by atoms with Crippen molar-refractivity contribution in [2.45, 2.75) is 13.5 Å². The fourth-order valence-electron chi connectivity index (χ4n) is 3.54. The van der Waals surface area contributed by atoms with Crippen LogP contribution in [0.15, 0.2) is 85.1 Å². The van der Waals surface area contributed by atoms with Crippen molar-refractivity contribution >= 4 is 21.6 Å². The van der Waals surface area contributed by atoms with Crippen molar-refractivity contribution in [1.29, 1.82) is 0 Å². The lowest BCUT2D eigenvalue weighted by molar-refractivity contribution is 0.0951. The van der Waals surface area contributed by atoms with Crippen molar-refractivity contribution in [2.75, 3.05) is 11.0 Å². The second kappa shape index (κ2) is 9.30. The zero-order chi connectivity index (χ0) is 23.4. The molecule has 1 aromatic heterocycles. The molecule has 0 bridgehead atoms. The van der Waals surface area contributed by atoms with Crippen molar-refractivity contribution in [3.05, 3.63) is 102 Å². The number of nitrogens with one attached hydrogen (secondary N) is 2. The maximum absolute atomic E-state index is 13.3. The summed E-state index contributed by atoms with van der Waals surface area (Å²) >= 11 is 0. The number of aryl methyl sites for hydroxylation is 1. The number of aromatic nitrogens is 2. The number of anilines is 1. The van der Waals surface area contributed by atoms with Crippen molar-refractivity contribution in [1.82, 2.24) is 15.1 Å². The number of hydrogen-bond donors (Lipinski definition) is 2. The van der Waals surface area contributed by atoms with Gasteiger partial charge >= 0.3 is 0 Å². The summed E-state index contributed by atoms with van der Waals surface area (Å²) in [5, 5.41) is 7.63. The van der Waals surface area contributed by atoms with Crippen molar-refractivity contribution in [2.24, 2.45) is 0 Å². The van der Waals surface area contributed by atoms with Crippen LogP contribution in [-0.2, 0) is 16.6 Å². The third-order valence-corrected chi connectivity index (χ3v) is 5.72. The number of nitrogens with zero attached hydrogens (tertiary/aromatic N) is 2. The zero-order valence-corrected chi connectivity index (χ0v) is 19.1. The van der Waals surface area contributed by atoms with Gasteiger partial charge in [0.25, 0.3) is 5.91 Å². The normalized spacial score (nSPS) is 11.2. The highest BCUT2D eigenvalue weighted by molar-refractivity contribution is 7.92. The minimum absolute atomic E-state index is 0.154. The summed E-state index contributed by atoms with van der Waals surface area (Å²) in [6, 6.07) is 24.3. The Labute approximate surface area is 193 Å². The minimum Gasteiger partial charge on any atom is -0.348 e.